The van der Waals surface area contributed by atoms with Crippen molar-refractivity contribution in [3.63, 3.8) is 0 Å². The largest absolute Gasteiger partial charge is 0.357 e. The Bertz CT molecular complexity index is 363. The molecule has 3 nitrogen and oxygen atoms in total. The molecule has 0 aliphatic heterocycles. The van der Waals surface area contributed by atoms with E-state index < -0.39 is 0 Å². The van der Waals surface area contributed by atoms with E-state index in [1.807, 2.05) is 12.1 Å². The highest BCUT2D eigenvalue weighted by Crippen LogP contribution is 2.10. The molecule has 102 valence electrons. The molecule has 2 N–H and O–H groups in total. The summed E-state index contributed by atoms with van der Waals surface area (Å²) in [5.74, 6) is 0.866. The minimum Gasteiger partial charge on any atom is -0.357 e. The summed E-state index contributed by atoms with van der Waals surface area (Å²) in [6.45, 7) is 7.84. The van der Waals surface area contributed by atoms with Gasteiger partial charge in [-0.3, -0.25) is 0 Å². The molecule has 18 heavy (non-hydrogen) atoms. The lowest BCUT2D eigenvalue weighted by Gasteiger charge is -2.13. The first-order valence-electron chi connectivity index (χ1n) is 5.91. The summed E-state index contributed by atoms with van der Waals surface area (Å²) in [7, 11) is 0. The lowest BCUT2D eigenvalue weighted by molar-refractivity contribution is 0.700. The van der Waals surface area contributed by atoms with Crippen molar-refractivity contribution in [1.29, 1.82) is 0 Å². The molecule has 1 aromatic rings. The van der Waals surface area contributed by atoms with Gasteiger partial charge in [0.15, 0.2) is 5.96 Å². The third kappa shape index (κ3) is 7.20. The van der Waals surface area contributed by atoms with E-state index in [9.17, 15) is 0 Å². The smallest absolute Gasteiger partial charge is 0.191 e. The van der Waals surface area contributed by atoms with Crippen molar-refractivity contribution in [1.82, 2.24) is 10.6 Å². The first-order valence-corrected chi connectivity index (χ1v) is 6.70. The fraction of sp³-hybridized carbons (Fsp3) is 0.462. The van der Waals surface area contributed by atoms with Gasteiger partial charge in [0.2, 0.25) is 0 Å². The third-order valence-electron chi connectivity index (χ3n) is 2.10. The van der Waals surface area contributed by atoms with Crippen molar-refractivity contribution >= 4 is 45.9 Å². The maximum Gasteiger partial charge on any atom is 0.191 e. The highest BCUT2D eigenvalue weighted by molar-refractivity contribution is 14.0. The van der Waals surface area contributed by atoms with Gasteiger partial charge in [-0.1, -0.05) is 28.1 Å². The minimum atomic E-state index is 0. The normalized spacial score (nSPS) is 11.1. The van der Waals surface area contributed by atoms with Crippen molar-refractivity contribution in [3.05, 3.63) is 34.3 Å². The number of rotatable bonds is 4. The number of nitrogens with one attached hydrogen (secondary N) is 2. The van der Waals surface area contributed by atoms with Crippen LogP contribution in [-0.4, -0.2) is 18.5 Å². The van der Waals surface area contributed by atoms with E-state index in [0.717, 1.165) is 17.0 Å². The molecule has 1 aromatic carbocycles. The summed E-state index contributed by atoms with van der Waals surface area (Å²) in [6, 6.07) is 8.61. The zero-order valence-corrected chi connectivity index (χ0v) is 15.0. The van der Waals surface area contributed by atoms with Gasteiger partial charge in [-0.25, -0.2) is 4.99 Å². The van der Waals surface area contributed by atoms with Gasteiger partial charge in [0, 0.05) is 17.1 Å². The zero-order chi connectivity index (χ0) is 12.7. The van der Waals surface area contributed by atoms with E-state index in [0.29, 0.717) is 12.6 Å². The third-order valence-corrected chi connectivity index (χ3v) is 2.63. The molecule has 1 rings (SSSR count). The fourth-order valence-electron chi connectivity index (χ4n) is 1.35. The van der Waals surface area contributed by atoms with Crippen LogP contribution in [0.4, 0.5) is 0 Å². The molecule has 0 heterocycles. The fourth-order valence-corrected chi connectivity index (χ4v) is 1.62. The number of hydrogen-bond acceptors (Lipinski definition) is 1. The Morgan fingerprint density at radius 2 is 1.89 bits per heavy atom. The predicted molar refractivity (Wildman–Crippen MR) is 92.6 cm³/mol. The van der Waals surface area contributed by atoms with Crippen LogP contribution < -0.4 is 10.6 Å². The van der Waals surface area contributed by atoms with Crippen molar-refractivity contribution in [2.24, 2.45) is 4.99 Å². The molecule has 5 heteroatoms. The average molecular weight is 426 g/mol. The molecule has 0 unspecified atom stereocenters. The highest BCUT2D eigenvalue weighted by atomic mass is 127. The van der Waals surface area contributed by atoms with E-state index >= 15 is 0 Å². The number of aliphatic imine (C=N–C) groups is 1. The van der Waals surface area contributed by atoms with Gasteiger partial charge in [-0.05, 0) is 38.5 Å². The van der Waals surface area contributed by atoms with E-state index in [2.05, 4.69) is 64.5 Å². The van der Waals surface area contributed by atoms with Crippen molar-refractivity contribution in [3.8, 4) is 0 Å². The molecule has 0 bridgehead atoms. The molecule has 0 aliphatic rings. The van der Waals surface area contributed by atoms with Crippen LogP contribution in [0.5, 0.6) is 0 Å². The Morgan fingerprint density at radius 3 is 2.39 bits per heavy atom. The van der Waals surface area contributed by atoms with Crippen LogP contribution >= 0.6 is 39.9 Å². The molecule has 0 amide bonds. The summed E-state index contributed by atoms with van der Waals surface area (Å²) < 4.78 is 1.09. The lowest BCUT2D eigenvalue weighted by atomic mass is 10.2. The molecule has 0 saturated heterocycles. The number of nitrogens with zero attached hydrogens (tertiary/aromatic N) is 1. The van der Waals surface area contributed by atoms with Gasteiger partial charge in [0.25, 0.3) is 0 Å². The molecular weight excluding hydrogens is 405 g/mol. The second kappa shape index (κ2) is 9.61. The van der Waals surface area contributed by atoms with Crippen LogP contribution in [0.25, 0.3) is 0 Å². The second-order valence-electron chi connectivity index (χ2n) is 4.12. The Morgan fingerprint density at radius 1 is 1.28 bits per heavy atom. The van der Waals surface area contributed by atoms with Gasteiger partial charge in [0.05, 0.1) is 6.54 Å². The molecule has 0 saturated carbocycles. The maximum atomic E-state index is 4.53. The number of guanidine groups is 1. The van der Waals surface area contributed by atoms with Crippen molar-refractivity contribution in [2.45, 2.75) is 33.4 Å². The molecule has 0 aliphatic carbocycles. The maximum absolute atomic E-state index is 4.53. The van der Waals surface area contributed by atoms with Gasteiger partial charge >= 0.3 is 0 Å². The quantitative estimate of drug-likeness (QED) is 0.439. The number of hydrogen-bond donors (Lipinski definition) is 2. The monoisotopic (exact) mass is 425 g/mol. The Labute approximate surface area is 135 Å². The predicted octanol–water partition coefficient (Wildman–Crippen LogP) is 3.53. The van der Waals surface area contributed by atoms with Gasteiger partial charge < -0.3 is 10.6 Å². The lowest BCUT2D eigenvalue weighted by Crippen LogP contribution is -2.40. The van der Waals surface area contributed by atoms with Crippen LogP contribution in [0.15, 0.2) is 33.7 Å². The Balaban J connectivity index is 0.00000289. The van der Waals surface area contributed by atoms with E-state index in [4.69, 9.17) is 0 Å². The summed E-state index contributed by atoms with van der Waals surface area (Å²) in [5.41, 5.74) is 1.20. The van der Waals surface area contributed by atoms with E-state index in [-0.39, 0.29) is 24.0 Å². The molecule has 0 radical (unpaired) electrons. The topological polar surface area (TPSA) is 36.4 Å². The molecule has 0 spiro atoms. The first kappa shape index (κ1) is 17.7. The SMILES string of the molecule is CCNC(=NCc1ccc(Br)cc1)NC(C)C.I. The van der Waals surface area contributed by atoms with Gasteiger partial charge in [0.1, 0.15) is 0 Å². The van der Waals surface area contributed by atoms with Crippen LogP contribution in [0.2, 0.25) is 0 Å². The molecule has 0 fully saturated rings. The standard InChI is InChI=1S/C13H20BrN3.HI/c1-4-15-13(17-10(2)3)16-9-11-5-7-12(14)8-6-11;/h5-8,10H,4,9H2,1-3H3,(H2,15,16,17);1H. The van der Waals surface area contributed by atoms with Gasteiger partial charge in [-0.15, -0.1) is 24.0 Å². The molecule has 0 aromatic heterocycles. The Kier molecular flexibility index (Phi) is 9.45. The highest BCUT2D eigenvalue weighted by Gasteiger charge is 1.99. The van der Waals surface area contributed by atoms with E-state index in [1.54, 1.807) is 0 Å². The van der Waals surface area contributed by atoms with Crippen molar-refractivity contribution < 1.29 is 0 Å². The first-order chi connectivity index (χ1) is 8.11. The second-order valence-corrected chi connectivity index (χ2v) is 5.04. The van der Waals surface area contributed by atoms with Crippen LogP contribution in [0, 0.1) is 0 Å². The molecule has 0 atom stereocenters. The summed E-state index contributed by atoms with van der Waals surface area (Å²) in [5, 5.41) is 6.52. The van der Waals surface area contributed by atoms with Crippen LogP contribution in [-0.2, 0) is 6.54 Å². The zero-order valence-electron chi connectivity index (χ0n) is 11.0. The number of benzene rings is 1. The number of halogens is 2. The summed E-state index contributed by atoms with van der Waals surface area (Å²) in [4.78, 5) is 4.53. The summed E-state index contributed by atoms with van der Waals surface area (Å²) in [6.07, 6.45) is 0. The minimum absolute atomic E-state index is 0. The summed E-state index contributed by atoms with van der Waals surface area (Å²) >= 11 is 3.42. The van der Waals surface area contributed by atoms with E-state index in [1.165, 1.54) is 5.56 Å². The van der Waals surface area contributed by atoms with Crippen LogP contribution in [0.3, 0.4) is 0 Å². The van der Waals surface area contributed by atoms with Gasteiger partial charge in [-0.2, -0.15) is 0 Å². The van der Waals surface area contributed by atoms with Crippen molar-refractivity contribution in [2.75, 3.05) is 6.54 Å². The van der Waals surface area contributed by atoms with Crippen LogP contribution in [0.1, 0.15) is 26.3 Å². The average Bonchev–Trinajstić information content (AvgIpc) is 2.27. The Hall–Kier alpha value is -0.300. The molecular formula is C13H21BrIN3.